The Hall–Kier alpha value is -1.15. The van der Waals surface area contributed by atoms with Crippen LogP contribution < -0.4 is 10.1 Å². The van der Waals surface area contributed by atoms with Gasteiger partial charge in [0.25, 0.3) is 0 Å². The van der Waals surface area contributed by atoms with Crippen LogP contribution in [0.4, 0.5) is 0 Å². The minimum Gasteiger partial charge on any atom is -0.497 e. The molecule has 2 aliphatic heterocycles. The summed E-state index contributed by atoms with van der Waals surface area (Å²) in [6.07, 6.45) is 1.64. The molecule has 1 aromatic carbocycles. The van der Waals surface area contributed by atoms with Gasteiger partial charge in [0.05, 0.1) is 18.6 Å². The van der Waals surface area contributed by atoms with Crippen LogP contribution in [0.5, 0.6) is 5.75 Å². The molecule has 7 heteroatoms. The molecule has 6 nitrogen and oxygen atoms in total. The summed E-state index contributed by atoms with van der Waals surface area (Å²) in [5.74, 6) is 0.640. The monoisotopic (exact) mass is 342 g/mol. The number of rotatable bonds is 3. The number of methoxy groups -OCH3 is 1. The predicted molar refractivity (Wildman–Crippen MR) is 89.0 cm³/mol. The normalized spacial score (nSPS) is 25.0. The Labute approximate surface area is 138 Å². The summed E-state index contributed by atoms with van der Waals surface area (Å²) in [4.78, 5) is 0.277. The highest BCUT2D eigenvalue weighted by molar-refractivity contribution is 7.89. The standard InChI is InChI=1S/C14H20N2O4S.C2H6/c1-19-12-3-5-13(6-4-12)21(17,18)16-9-10-20-14(16)7-2-8-15-11-14;1-2/h3-6,15H,2,7-11H2,1H3;1-2H3. The third-order valence-corrected chi connectivity index (χ3v) is 6.05. The Bertz CT molecular complexity index is 595. The van der Waals surface area contributed by atoms with Crippen molar-refractivity contribution in [2.24, 2.45) is 0 Å². The molecule has 0 aliphatic carbocycles. The summed E-state index contributed by atoms with van der Waals surface area (Å²) < 4.78 is 38.2. The zero-order valence-corrected chi connectivity index (χ0v) is 14.9. The first-order chi connectivity index (χ1) is 11.1. The van der Waals surface area contributed by atoms with Crippen molar-refractivity contribution in [1.29, 1.82) is 0 Å². The fraction of sp³-hybridized carbons (Fsp3) is 0.625. The van der Waals surface area contributed by atoms with Crippen LogP contribution in [0, 0.1) is 0 Å². The van der Waals surface area contributed by atoms with Gasteiger partial charge in [-0.2, -0.15) is 4.31 Å². The minimum atomic E-state index is -3.56. The lowest BCUT2D eigenvalue weighted by molar-refractivity contribution is -0.0646. The van der Waals surface area contributed by atoms with Gasteiger partial charge < -0.3 is 14.8 Å². The molecular formula is C16H26N2O4S. The molecule has 1 aromatic rings. The average molecular weight is 342 g/mol. The molecule has 1 N–H and O–H groups in total. The lowest BCUT2D eigenvalue weighted by atomic mass is 10.0. The van der Waals surface area contributed by atoms with Crippen molar-refractivity contribution in [3.05, 3.63) is 24.3 Å². The Morgan fingerprint density at radius 1 is 1.26 bits per heavy atom. The highest BCUT2D eigenvalue weighted by Gasteiger charge is 2.49. The molecule has 2 fully saturated rings. The molecule has 2 aliphatic rings. The van der Waals surface area contributed by atoms with E-state index in [1.165, 1.54) is 4.31 Å². The van der Waals surface area contributed by atoms with E-state index in [2.05, 4.69) is 5.32 Å². The lowest BCUT2D eigenvalue weighted by Gasteiger charge is -2.39. The second-order valence-corrected chi connectivity index (χ2v) is 7.19. The van der Waals surface area contributed by atoms with Crippen LogP contribution in [0.2, 0.25) is 0 Å². The fourth-order valence-corrected chi connectivity index (χ4v) is 4.70. The van der Waals surface area contributed by atoms with E-state index in [0.717, 1.165) is 19.4 Å². The molecule has 2 saturated heterocycles. The first-order valence-electron chi connectivity index (χ1n) is 8.10. The highest BCUT2D eigenvalue weighted by atomic mass is 32.2. The maximum atomic E-state index is 12.9. The maximum absolute atomic E-state index is 12.9. The molecule has 0 aromatic heterocycles. The van der Waals surface area contributed by atoms with Crippen LogP contribution in [-0.4, -0.2) is 51.8 Å². The number of hydrogen-bond acceptors (Lipinski definition) is 5. The van der Waals surface area contributed by atoms with Crippen LogP contribution in [0.1, 0.15) is 26.7 Å². The van der Waals surface area contributed by atoms with Gasteiger partial charge in [0.1, 0.15) is 11.5 Å². The summed E-state index contributed by atoms with van der Waals surface area (Å²) in [6.45, 7) is 6.29. The van der Waals surface area contributed by atoms with Crippen LogP contribution in [0.15, 0.2) is 29.2 Å². The van der Waals surface area contributed by atoms with Gasteiger partial charge in [0.2, 0.25) is 10.0 Å². The van der Waals surface area contributed by atoms with E-state index in [1.807, 2.05) is 13.8 Å². The van der Waals surface area contributed by atoms with E-state index >= 15 is 0 Å². The van der Waals surface area contributed by atoms with Gasteiger partial charge in [-0.05, 0) is 43.7 Å². The Morgan fingerprint density at radius 3 is 2.52 bits per heavy atom. The number of nitrogens with zero attached hydrogens (tertiary/aromatic N) is 1. The second-order valence-electron chi connectivity index (χ2n) is 5.33. The zero-order valence-electron chi connectivity index (χ0n) is 14.0. The first kappa shape index (κ1) is 18.2. The van der Waals surface area contributed by atoms with E-state index in [4.69, 9.17) is 9.47 Å². The van der Waals surface area contributed by atoms with Gasteiger partial charge in [-0.25, -0.2) is 8.42 Å². The summed E-state index contributed by atoms with van der Waals surface area (Å²) in [7, 11) is -2.00. The molecule has 1 atom stereocenters. The number of nitrogens with one attached hydrogen (secondary N) is 1. The van der Waals surface area contributed by atoms with Crippen LogP contribution in [0.25, 0.3) is 0 Å². The van der Waals surface area contributed by atoms with Crippen LogP contribution in [-0.2, 0) is 14.8 Å². The molecule has 0 amide bonds. The summed E-state index contributed by atoms with van der Waals surface area (Å²) in [5.41, 5.74) is -0.725. The third kappa shape index (κ3) is 3.52. The largest absolute Gasteiger partial charge is 0.497 e. The van der Waals surface area contributed by atoms with Gasteiger partial charge in [0, 0.05) is 13.1 Å². The minimum absolute atomic E-state index is 0.277. The molecule has 23 heavy (non-hydrogen) atoms. The second kappa shape index (κ2) is 7.61. The van der Waals surface area contributed by atoms with Gasteiger partial charge >= 0.3 is 0 Å². The maximum Gasteiger partial charge on any atom is 0.245 e. The molecule has 1 unspecified atom stereocenters. The van der Waals surface area contributed by atoms with Crippen molar-refractivity contribution in [3.63, 3.8) is 0 Å². The van der Waals surface area contributed by atoms with Gasteiger partial charge in [0.15, 0.2) is 0 Å². The molecule has 130 valence electrons. The number of hydrogen-bond donors (Lipinski definition) is 1. The Balaban J connectivity index is 0.000000924. The predicted octanol–water partition coefficient (Wildman–Crippen LogP) is 1.82. The van der Waals surface area contributed by atoms with Crippen molar-refractivity contribution >= 4 is 10.0 Å². The van der Waals surface area contributed by atoms with E-state index < -0.39 is 15.7 Å². The number of benzene rings is 1. The quantitative estimate of drug-likeness (QED) is 0.907. The smallest absolute Gasteiger partial charge is 0.245 e. The lowest BCUT2D eigenvalue weighted by Crippen LogP contribution is -2.56. The topological polar surface area (TPSA) is 67.9 Å². The first-order valence-corrected chi connectivity index (χ1v) is 9.54. The fourth-order valence-electron chi connectivity index (χ4n) is 3.01. The summed E-state index contributed by atoms with van der Waals surface area (Å²) >= 11 is 0. The Morgan fingerprint density at radius 2 is 1.96 bits per heavy atom. The number of sulfonamides is 1. The van der Waals surface area contributed by atoms with E-state index in [-0.39, 0.29) is 4.90 Å². The molecular weight excluding hydrogens is 316 g/mol. The average Bonchev–Trinajstić information content (AvgIpc) is 3.01. The van der Waals surface area contributed by atoms with Crippen LogP contribution in [0.3, 0.4) is 0 Å². The summed E-state index contributed by atoms with van der Waals surface area (Å²) in [6, 6.07) is 6.48. The Kier molecular flexibility index (Phi) is 6.02. The molecule has 0 radical (unpaired) electrons. The van der Waals surface area contributed by atoms with Crippen molar-refractivity contribution in [2.75, 3.05) is 33.4 Å². The van der Waals surface area contributed by atoms with Crippen molar-refractivity contribution in [1.82, 2.24) is 9.62 Å². The van der Waals surface area contributed by atoms with Gasteiger partial charge in [-0.1, -0.05) is 13.8 Å². The van der Waals surface area contributed by atoms with Crippen molar-refractivity contribution < 1.29 is 17.9 Å². The van der Waals surface area contributed by atoms with Crippen molar-refractivity contribution in [2.45, 2.75) is 37.3 Å². The number of ether oxygens (including phenoxy) is 2. The van der Waals surface area contributed by atoms with Crippen molar-refractivity contribution in [3.8, 4) is 5.75 Å². The van der Waals surface area contributed by atoms with E-state index in [0.29, 0.717) is 25.4 Å². The molecule has 0 bridgehead atoms. The number of piperidine rings is 1. The van der Waals surface area contributed by atoms with Crippen LogP contribution >= 0.6 is 0 Å². The molecule has 3 rings (SSSR count). The van der Waals surface area contributed by atoms with Gasteiger partial charge in [-0.3, -0.25) is 0 Å². The molecule has 2 heterocycles. The molecule has 1 spiro atoms. The summed E-state index contributed by atoms with van der Waals surface area (Å²) in [5, 5.41) is 3.24. The zero-order chi connectivity index (χ0) is 16.9. The van der Waals surface area contributed by atoms with Gasteiger partial charge in [-0.15, -0.1) is 0 Å². The molecule has 0 saturated carbocycles. The highest BCUT2D eigenvalue weighted by Crippen LogP contribution is 2.35. The third-order valence-electron chi connectivity index (χ3n) is 4.09. The van der Waals surface area contributed by atoms with E-state index in [9.17, 15) is 8.42 Å². The van der Waals surface area contributed by atoms with E-state index in [1.54, 1.807) is 31.4 Å². The SMILES string of the molecule is CC.COc1ccc(S(=O)(=O)N2CCOC23CCCNC3)cc1.